The van der Waals surface area contributed by atoms with Crippen LogP contribution < -0.4 is 5.32 Å². The number of carbonyl (C=O) groups is 2. The lowest BCUT2D eigenvalue weighted by Gasteiger charge is -2.11. The van der Waals surface area contributed by atoms with Gasteiger partial charge in [-0.1, -0.05) is 28.1 Å². The van der Waals surface area contributed by atoms with Gasteiger partial charge in [-0.05, 0) is 60.2 Å². The van der Waals surface area contributed by atoms with Crippen molar-refractivity contribution in [2.75, 3.05) is 0 Å². The van der Waals surface area contributed by atoms with E-state index in [9.17, 15) is 14.0 Å². The van der Waals surface area contributed by atoms with Crippen LogP contribution in [0.15, 0.2) is 77.0 Å². The summed E-state index contributed by atoms with van der Waals surface area (Å²) in [5.74, 6) is -0.784. The SMILES string of the molecule is O=C1N/C(=C/c2cccn2-c2ccc(Br)cc2)C(=O)N1Cc1ccc(F)cc1. The first-order chi connectivity index (χ1) is 13.5. The molecular formula is C21H15BrFN3O2. The lowest BCUT2D eigenvalue weighted by Crippen LogP contribution is -2.30. The van der Waals surface area contributed by atoms with Crippen LogP contribution >= 0.6 is 15.9 Å². The Bertz CT molecular complexity index is 1070. The molecule has 0 saturated carbocycles. The summed E-state index contributed by atoms with van der Waals surface area (Å²) in [6.07, 6.45) is 3.53. The molecule has 0 unspecified atom stereocenters. The van der Waals surface area contributed by atoms with Gasteiger partial charge >= 0.3 is 6.03 Å². The Balaban J connectivity index is 1.59. The maximum absolute atomic E-state index is 13.1. The fourth-order valence-corrected chi connectivity index (χ4v) is 3.25. The molecule has 2 heterocycles. The highest BCUT2D eigenvalue weighted by molar-refractivity contribution is 9.10. The van der Waals surface area contributed by atoms with Gasteiger partial charge in [0.2, 0.25) is 0 Å². The van der Waals surface area contributed by atoms with E-state index < -0.39 is 11.9 Å². The van der Waals surface area contributed by atoms with E-state index in [1.165, 1.54) is 12.1 Å². The van der Waals surface area contributed by atoms with E-state index >= 15 is 0 Å². The van der Waals surface area contributed by atoms with E-state index in [0.717, 1.165) is 20.8 Å². The monoisotopic (exact) mass is 439 g/mol. The number of nitrogens with zero attached hydrogens (tertiary/aromatic N) is 2. The number of hydrogen-bond donors (Lipinski definition) is 1. The van der Waals surface area contributed by atoms with Gasteiger partial charge in [0.25, 0.3) is 5.91 Å². The Morgan fingerprint density at radius 3 is 2.43 bits per heavy atom. The number of halogens is 2. The highest BCUT2D eigenvalue weighted by Gasteiger charge is 2.33. The van der Waals surface area contributed by atoms with E-state index in [2.05, 4.69) is 21.2 Å². The molecule has 7 heteroatoms. The number of urea groups is 1. The molecular weight excluding hydrogens is 425 g/mol. The maximum Gasteiger partial charge on any atom is 0.329 e. The average Bonchev–Trinajstić information content (AvgIpc) is 3.24. The van der Waals surface area contributed by atoms with Crippen molar-refractivity contribution >= 4 is 33.9 Å². The number of benzene rings is 2. The Kier molecular flexibility index (Phi) is 4.83. The van der Waals surface area contributed by atoms with Gasteiger partial charge in [0.15, 0.2) is 0 Å². The normalized spacial score (nSPS) is 15.4. The first-order valence-electron chi connectivity index (χ1n) is 8.53. The quantitative estimate of drug-likeness (QED) is 0.481. The summed E-state index contributed by atoms with van der Waals surface area (Å²) in [6, 6.07) is 16.7. The predicted molar refractivity (Wildman–Crippen MR) is 107 cm³/mol. The number of nitrogens with one attached hydrogen (secondary N) is 1. The molecule has 0 spiro atoms. The van der Waals surface area contributed by atoms with Crippen molar-refractivity contribution < 1.29 is 14.0 Å². The lowest BCUT2D eigenvalue weighted by molar-refractivity contribution is -0.123. The molecule has 5 nitrogen and oxygen atoms in total. The molecule has 140 valence electrons. The lowest BCUT2D eigenvalue weighted by atomic mass is 10.2. The van der Waals surface area contributed by atoms with Gasteiger partial charge in [0.1, 0.15) is 11.5 Å². The Morgan fingerprint density at radius 2 is 1.71 bits per heavy atom. The van der Waals surface area contributed by atoms with Crippen molar-refractivity contribution in [1.29, 1.82) is 0 Å². The zero-order valence-electron chi connectivity index (χ0n) is 14.6. The number of amides is 3. The molecule has 1 saturated heterocycles. The van der Waals surface area contributed by atoms with Crippen LogP contribution in [0, 0.1) is 5.82 Å². The van der Waals surface area contributed by atoms with Crippen LogP contribution in [0.2, 0.25) is 0 Å². The summed E-state index contributed by atoms with van der Waals surface area (Å²) in [7, 11) is 0. The minimum Gasteiger partial charge on any atom is -0.317 e. The van der Waals surface area contributed by atoms with Crippen LogP contribution in [0.1, 0.15) is 11.3 Å². The summed E-state index contributed by atoms with van der Waals surface area (Å²) in [6.45, 7) is 0.0794. The molecule has 0 radical (unpaired) electrons. The van der Waals surface area contributed by atoms with Gasteiger partial charge in [-0.25, -0.2) is 9.18 Å². The fraction of sp³-hybridized carbons (Fsp3) is 0.0476. The third kappa shape index (κ3) is 3.61. The van der Waals surface area contributed by atoms with Crippen LogP contribution in [0.4, 0.5) is 9.18 Å². The van der Waals surface area contributed by atoms with Crippen LogP contribution in [-0.4, -0.2) is 21.4 Å². The van der Waals surface area contributed by atoms with Gasteiger partial charge in [-0.15, -0.1) is 0 Å². The molecule has 2 aromatic carbocycles. The molecule has 0 aliphatic carbocycles. The molecule has 0 atom stereocenters. The zero-order valence-corrected chi connectivity index (χ0v) is 16.2. The summed E-state index contributed by atoms with van der Waals surface area (Å²) in [5.41, 5.74) is 2.56. The van der Waals surface area contributed by atoms with Gasteiger partial charge < -0.3 is 9.88 Å². The van der Waals surface area contributed by atoms with Crippen molar-refractivity contribution in [2.45, 2.75) is 6.54 Å². The van der Waals surface area contributed by atoms with Gasteiger partial charge in [-0.2, -0.15) is 0 Å². The second-order valence-corrected chi connectivity index (χ2v) is 7.20. The third-order valence-corrected chi connectivity index (χ3v) is 4.92. The Morgan fingerprint density at radius 1 is 1.00 bits per heavy atom. The van der Waals surface area contributed by atoms with Crippen molar-refractivity contribution in [3.05, 3.63) is 94.1 Å². The summed E-state index contributed by atoms with van der Waals surface area (Å²) >= 11 is 3.41. The van der Waals surface area contributed by atoms with Crippen LogP contribution in [0.25, 0.3) is 11.8 Å². The Labute approximate surface area is 169 Å². The Hall–Kier alpha value is -3.19. The minimum absolute atomic E-state index is 0.0794. The highest BCUT2D eigenvalue weighted by Crippen LogP contribution is 2.21. The average molecular weight is 440 g/mol. The minimum atomic E-state index is -0.498. The van der Waals surface area contributed by atoms with Gasteiger partial charge in [0, 0.05) is 22.1 Å². The number of aromatic nitrogens is 1. The van der Waals surface area contributed by atoms with Crippen molar-refractivity contribution in [3.8, 4) is 5.69 Å². The van der Waals surface area contributed by atoms with Gasteiger partial charge in [-0.3, -0.25) is 9.69 Å². The van der Waals surface area contributed by atoms with Crippen LogP contribution in [-0.2, 0) is 11.3 Å². The van der Waals surface area contributed by atoms with Crippen molar-refractivity contribution in [3.63, 3.8) is 0 Å². The topological polar surface area (TPSA) is 54.3 Å². The largest absolute Gasteiger partial charge is 0.329 e. The summed E-state index contributed by atoms with van der Waals surface area (Å²) < 4.78 is 15.9. The molecule has 28 heavy (non-hydrogen) atoms. The second-order valence-electron chi connectivity index (χ2n) is 6.29. The molecule has 0 bridgehead atoms. The summed E-state index contributed by atoms with van der Waals surface area (Å²) in [4.78, 5) is 26.0. The number of imide groups is 1. The van der Waals surface area contributed by atoms with E-state index in [4.69, 9.17) is 0 Å². The van der Waals surface area contributed by atoms with Gasteiger partial charge in [0.05, 0.1) is 6.54 Å². The van der Waals surface area contributed by atoms with E-state index in [-0.39, 0.29) is 18.1 Å². The highest BCUT2D eigenvalue weighted by atomic mass is 79.9. The predicted octanol–water partition coefficient (Wildman–Crippen LogP) is 4.47. The fourth-order valence-electron chi connectivity index (χ4n) is 2.98. The molecule has 1 aliphatic heterocycles. The molecule has 3 amide bonds. The zero-order chi connectivity index (χ0) is 19.7. The molecule has 4 rings (SSSR count). The molecule has 1 aromatic heterocycles. The molecule has 1 fully saturated rings. The smallest absolute Gasteiger partial charge is 0.317 e. The van der Waals surface area contributed by atoms with E-state index in [1.54, 1.807) is 18.2 Å². The van der Waals surface area contributed by atoms with Crippen molar-refractivity contribution in [1.82, 2.24) is 14.8 Å². The first kappa shape index (κ1) is 18.2. The van der Waals surface area contributed by atoms with Crippen molar-refractivity contribution in [2.24, 2.45) is 0 Å². The van der Waals surface area contributed by atoms with E-state index in [1.807, 2.05) is 47.2 Å². The number of hydrogen-bond acceptors (Lipinski definition) is 2. The molecule has 3 aromatic rings. The first-order valence-corrected chi connectivity index (χ1v) is 9.33. The van der Waals surface area contributed by atoms with Crippen LogP contribution in [0.3, 0.4) is 0 Å². The maximum atomic E-state index is 13.1. The second kappa shape index (κ2) is 7.44. The standard InChI is InChI=1S/C21H15BrFN3O2/c22-15-5-9-17(10-6-15)25-11-1-2-18(25)12-19-20(27)26(21(28)24-19)13-14-3-7-16(23)8-4-14/h1-12H,13H2,(H,24,28)/b19-12+. The van der Waals surface area contributed by atoms with E-state index in [0.29, 0.717) is 5.56 Å². The van der Waals surface area contributed by atoms with Crippen LogP contribution in [0.5, 0.6) is 0 Å². The summed E-state index contributed by atoms with van der Waals surface area (Å²) in [5, 5.41) is 2.62. The third-order valence-electron chi connectivity index (χ3n) is 4.39. The molecule has 1 aliphatic rings. The molecule has 1 N–H and O–H groups in total. The number of carbonyl (C=O) groups excluding carboxylic acids is 2. The number of rotatable bonds is 4.